The van der Waals surface area contributed by atoms with Crippen molar-refractivity contribution >= 4 is 29.3 Å². The number of hydrogen-bond acceptors (Lipinski definition) is 3. The van der Waals surface area contributed by atoms with Crippen LogP contribution in [0.25, 0.3) is 6.08 Å². The van der Waals surface area contributed by atoms with Gasteiger partial charge in [-0.15, -0.1) is 0 Å². The number of ether oxygens (including phenoxy) is 1. The minimum atomic E-state index is -0.0908. The van der Waals surface area contributed by atoms with Crippen molar-refractivity contribution in [2.45, 2.75) is 13.5 Å². The zero-order valence-corrected chi connectivity index (χ0v) is 14.2. The maximum absolute atomic E-state index is 12.2. The molecule has 0 aliphatic carbocycles. The van der Waals surface area contributed by atoms with Crippen LogP contribution in [0.4, 0.5) is 0 Å². The second-order valence-corrected chi connectivity index (χ2v) is 5.77. The van der Waals surface area contributed by atoms with E-state index in [4.69, 9.17) is 17.0 Å². The van der Waals surface area contributed by atoms with Gasteiger partial charge < -0.3 is 10.1 Å². The van der Waals surface area contributed by atoms with E-state index in [0.29, 0.717) is 24.0 Å². The van der Waals surface area contributed by atoms with E-state index in [1.54, 1.807) is 11.0 Å². The number of likely N-dealkylation sites (N-methyl/N-ethyl adjacent to an activating group) is 1. The highest BCUT2D eigenvalue weighted by atomic mass is 32.1. The van der Waals surface area contributed by atoms with Crippen molar-refractivity contribution in [1.29, 1.82) is 0 Å². The summed E-state index contributed by atoms with van der Waals surface area (Å²) in [5.74, 6) is 0.698. The number of hydrogen-bond donors (Lipinski definition) is 1. The second kappa shape index (κ2) is 7.27. The van der Waals surface area contributed by atoms with Crippen LogP contribution in [0.2, 0.25) is 0 Å². The summed E-state index contributed by atoms with van der Waals surface area (Å²) in [6.45, 7) is 2.99. The van der Waals surface area contributed by atoms with E-state index < -0.39 is 0 Å². The summed E-state index contributed by atoms with van der Waals surface area (Å²) in [6, 6.07) is 17.6. The van der Waals surface area contributed by atoms with Gasteiger partial charge in [0, 0.05) is 6.54 Å². The first kappa shape index (κ1) is 16.2. The lowest BCUT2D eigenvalue weighted by Gasteiger charge is -2.08. The highest BCUT2D eigenvalue weighted by molar-refractivity contribution is 7.80. The minimum absolute atomic E-state index is 0.0908. The molecule has 1 fully saturated rings. The van der Waals surface area contributed by atoms with Crippen LogP contribution in [0.5, 0.6) is 5.75 Å². The van der Waals surface area contributed by atoms with Crippen LogP contribution in [0.15, 0.2) is 60.3 Å². The Morgan fingerprint density at radius 3 is 2.46 bits per heavy atom. The van der Waals surface area contributed by atoms with Gasteiger partial charge in [0.2, 0.25) is 0 Å². The van der Waals surface area contributed by atoms with Crippen molar-refractivity contribution < 1.29 is 9.53 Å². The Hall–Kier alpha value is -2.66. The van der Waals surface area contributed by atoms with Crippen molar-refractivity contribution in [3.05, 3.63) is 71.4 Å². The van der Waals surface area contributed by atoms with Gasteiger partial charge in [-0.1, -0.05) is 42.5 Å². The summed E-state index contributed by atoms with van der Waals surface area (Å²) < 4.78 is 5.76. The van der Waals surface area contributed by atoms with Gasteiger partial charge in [-0.3, -0.25) is 9.69 Å². The molecule has 0 atom stereocenters. The molecule has 0 aromatic heterocycles. The Balaban J connectivity index is 1.66. The van der Waals surface area contributed by atoms with Crippen LogP contribution in [0.1, 0.15) is 18.1 Å². The first-order valence-corrected chi connectivity index (χ1v) is 8.19. The zero-order chi connectivity index (χ0) is 16.9. The van der Waals surface area contributed by atoms with Gasteiger partial charge in [0.25, 0.3) is 5.91 Å². The predicted octanol–water partition coefficient (Wildman–Crippen LogP) is 3.34. The van der Waals surface area contributed by atoms with E-state index in [9.17, 15) is 4.79 Å². The molecule has 5 heteroatoms. The molecular weight excluding hydrogens is 320 g/mol. The first-order valence-electron chi connectivity index (χ1n) is 7.78. The van der Waals surface area contributed by atoms with Crippen molar-refractivity contribution in [3.63, 3.8) is 0 Å². The number of carbonyl (C=O) groups excluding carboxylic acids is 1. The summed E-state index contributed by atoms with van der Waals surface area (Å²) in [4.78, 5) is 13.7. The second-order valence-electron chi connectivity index (χ2n) is 5.38. The summed E-state index contributed by atoms with van der Waals surface area (Å²) in [5, 5.41) is 3.41. The van der Waals surface area contributed by atoms with Gasteiger partial charge in [0.15, 0.2) is 5.11 Å². The third-order valence-corrected chi connectivity index (χ3v) is 4.04. The molecule has 1 aliphatic heterocycles. The molecule has 122 valence electrons. The van der Waals surface area contributed by atoms with Crippen LogP contribution >= 0.6 is 12.2 Å². The number of thiocarbonyl (C=S) groups is 1. The molecule has 0 unspecified atom stereocenters. The van der Waals surface area contributed by atoms with Crippen LogP contribution in [0, 0.1) is 0 Å². The number of nitrogens with one attached hydrogen (secondary N) is 1. The van der Waals surface area contributed by atoms with Crippen LogP contribution < -0.4 is 10.1 Å². The lowest BCUT2D eigenvalue weighted by Crippen LogP contribution is -2.30. The molecule has 1 amide bonds. The Labute approximate surface area is 146 Å². The van der Waals surface area contributed by atoms with E-state index in [0.717, 1.165) is 16.9 Å². The number of nitrogens with zero attached hydrogens (tertiary/aromatic N) is 1. The maximum Gasteiger partial charge on any atom is 0.276 e. The molecule has 0 radical (unpaired) electrons. The largest absolute Gasteiger partial charge is 0.489 e. The van der Waals surface area contributed by atoms with E-state index in [2.05, 4.69) is 5.32 Å². The molecule has 0 spiro atoms. The summed E-state index contributed by atoms with van der Waals surface area (Å²) in [7, 11) is 0. The Kier molecular flexibility index (Phi) is 4.91. The smallest absolute Gasteiger partial charge is 0.276 e. The molecule has 0 saturated carbocycles. The molecule has 24 heavy (non-hydrogen) atoms. The molecule has 1 aliphatic rings. The SMILES string of the molecule is CCN1C(=O)/C(=C\c2ccc(OCc3ccccc3)cc2)NC1=S. The molecular formula is C19H18N2O2S. The third-order valence-electron chi connectivity index (χ3n) is 3.72. The van der Waals surface area contributed by atoms with Crippen molar-refractivity contribution in [2.75, 3.05) is 6.54 Å². The lowest BCUT2D eigenvalue weighted by molar-refractivity contribution is -0.122. The van der Waals surface area contributed by atoms with Gasteiger partial charge in [-0.2, -0.15) is 0 Å². The average molecular weight is 338 g/mol. The fourth-order valence-electron chi connectivity index (χ4n) is 2.43. The van der Waals surface area contributed by atoms with Crippen LogP contribution in [-0.2, 0) is 11.4 Å². The highest BCUT2D eigenvalue weighted by Gasteiger charge is 2.28. The van der Waals surface area contributed by atoms with Crippen LogP contribution in [0.3, 0.4) is 0 Å². The zero-order valence-electron chi connectivity index (χ0n) is 13.4. The predicted molar refractivity (Wildman–Crippen MR) is 98.3 cm³/mol. The standard InChI is InChI=1S/C19H18N2O2S/c1-2-21-18(22)17(20-19(21)24)12-14-8-10-16(11-9-14)23-13-15-6-4-3-5-7-15/h3-12H,2,13H2,1H3,(H,20,24)/b17-12+. The van der Waals surface area contributed by atoms with Gasteiger partial charge in [0.1, 0.15) is 18.1 Å². The first-order chi connectivity index (χ1) is 11.7. The van der Waals surface area contributed by atoms with E-state index in [-0.39, 0.29) is 5.91 Å². The van der Waals surface area contributed by atoms with Crippen molar-refractivity contribution in [1.82, 2.24) is 10.2 Å². The molecule has 1 N–H and O–H groups in total. The summed E-state index contributed by atoms with van der Waals surface area (Å²) in [6.07, 6.45) is 1.80. The molecule has 1 saturated heterocycles. The number of amides is 1. The maximum atomic E-state index is 12.2. The quantitative estimate of drug-likeness (QED) is 0.671. The Morgan fingerprint density at radius 2 is 1.83 bits per heavy atom. The van der Waals surface area contributed by atoms with Gasteiger partial charge in [-0.05, 0) is 48.5 Å². The van der Waals surface area contributed by atoms with E-state index >= 15 is 0 Å². The molecule has 0 bridgehead atoms. The highest BCUT2D eigenvalue weighted by Crippen LogP contribution is 2.18. The molecule has 2 aromatic carbocycles. The third kappa shape index (κ3) is 3.63. The van der Waals surface area contributed by atoms with Crippen molar-refractivity contribution in [3.8, 4) is 5.75 Å². The molecule has 3 rings (SSSR count). The fraction of sp³-hybridized carbons (Fsp3) is 0.158. The van der Waals surface area contributed by atoms with Gasteiger partial charge in [0.05, 0.1) is 0 Å². The monoisotopic (exact) mass is 338 g/mol. The Morgan fingerprint density at radius 1 is 1.12 bits per heavy atom. The molecule has 4 nitrogen and oxygen atoms in total. The summed E-state index contributed by atoms with van der Waals surface area (Å²) in [5.41, 5.74) is 2.54. The van der Waals surface area contributed by atoms with Crippen LogP contribution in [-0.4, -0.2) is 22.5 Å². The number of carbonyl (C=O) groups is 1. The summed E-state index contributed by atoms with van der Waals surface area (Å²) >= 11 is 5.14. The van der Waals surface area contributed by atoms with Crippen molar-refractivity contribution in [2.24, 2.45) is 0 Å². The average Bonchev–Trinajstić information content (AvgIpc) is 2.88. The molecule has 2 aromatic rings. The van der Waals surface area contributed by atoms with E-state index in [1.807, 2.05) is 61.5 Å². The normalized spacial score (nSPS) is 15.7. The van der Waals surface area contributed by atoms with E-state index in [1.165, 1.54) is 0 Å². The number of benzene rings is 2. The fourth-order valence-corrected chi connectivity index (χ4v) is 2.75. The minimum Gasteiger partial charge on any atom is -0.489 e. The number of rotatable bonds is 5. The van der Waals surface area contributed by atoms with Gasteiger partial charge >= 0.3 is 0 Å². The van der Waals surface area contributed by atoms with Gasteiger partial charge in [-0.25, -0.2) is 0 Å². The topological polar surface area (TPSA) is 41.6 Å². The lowest BCUT2D eigenvalue weighted by atomic mass is 10.2. The Bertz CT molecular complexity index is 770. The molecule has 1 heterocycles.